The smallest absolute Gasteiger partial charge is 0.184 e. The minimum Gasteiger partial charge on any atom is -0.317 e. The highest BCUT2D eigenvalue weighted by molar-refractivity contribution is 6.01. The monoisotopic (exact) mass is 257 g/mol. The Hall–Kier alpha value is -1.94. The van der Waals surface area contributed by atoms with Crippen LogP contribution in [-0.2, 0) is 7.05 Å². The van der Waals surface area contributed by atoms with Gasteiger partial charge in [-0.15, -0.1) is 0 Å². The quantitative estimate of drug-likeness (QED) is 0.858. The highest BCUT2D eigenvalue weighted by Crippen LogP contribution is 2.21. The summed E-state index contributed by atoms with van der Waals surface area (Å²) in [7, 11) is 1.81. The van der Waals surface area contributed by atoms with E-state index >= 15 is 0 Å². The summed E-state index contributed by atoms with van der Waals surface area (Å²) in [4.78, 5) is 12.5. The van der Waals surface area contributed by atoms with Gasteiger partial charge in [0.1, 0.15) is 0 Å². The molecule has 1 aromatic heterocycles. The van der Waals surface area contributed by atoms with Crippen LogP contribution in [0.25, 0.3) is 0 Å². The summed E-state index contributed by atoms with van der Waals surface area (Å²) in [5, 5.41) is 4.05. The average Bonchev–Trinajstić information content (AvgIpc) is 2.79. The van der Waals surface area contributed by atoms with Crippen LogP contribution in [0.1, 0.15) is 38.7 Å². The van der Waals surface area contributed by atoms with Crippen LogP contribution in [0.4, 0.5) is 0 Å². The first kappa shape index (κ1) is 13.5. The molecule has 1 atom stereocenters. The lowest BCUT2D eigenvalue weighted by molar-refractivity contribution is 0.0960. The van der Waals surface area contributed by atoms with E-state index in [0.717, 1.165) is 16.7 Å². The largest absolute Gasteiger partial charge is 0.317 e. The van der Waals surface area contributed by atoms with Crippen molar-refractivity contribution >= 4 is 5.78 Å². The lowest BCUT2D eigenvalue weighted by Crippen LogP contribution is -2.22. The van der Waals surface area contributed by atoms with Gasteiger partial charge in [-0.05, 0) is 43.5 Å². The molecule has 2 aromatic rings. The summed E-state index contributed by atoms with van der Waals surface area (Å²) in [5.41, 5.74) is 10.7. The molecule has 0 aliphatic carbocycles. The van der Waals surface area contributed by atoms with Crippen molar-refractivity contribution in [2.45, 2.75) is 26.8 Å². The highest BCUT2D eigenvalue weighted by Gasteiger charge is 2.21. The van der Waals surface area contributed by atoms with E-state index in [1.165, 1.54) is 5.56 Å². The van der Waals surface area contributed by atoms with Crippen LogP contribution in [0.2, 0.25) is 0 Å². The molecule has 19 heavy (non-hydrogen) atoms. The van der Waals surface area contributed by atoms with Crippen molar-refractivity contribution in [1.82, 2.24) is 9.78 Å². The molecule has 0 saturated carbocycles. The topological polar surface area (TPSA) is 60.9 Å². The lowest BCUT2D eigenvalue weighted by Gasteiger charge is -2.13. The molecule has 100 valence electrons. The van der Waals surface area contributed by atoms with E-state index in [9.17, 15) is 4.79 Å². The molecule has 0 spiro atoms. The molecule has 2 rings (SSSR count). The number of benzene rings is 1. The predicted octanol–water partition coefficient (Wildman–Crippen LogP) is 2.23. The maximum atomic E-state index is 12.5. The Morgan fingerprint density at radius 2 is 1.84 bits per heavy atom. The molecule has 0 saturated heterocycles. The predicted molar refractivity (Wildman–Crippen MR) is 75.1 cm³/mol. The van der Waals surface area contributed by atoms with E-state index in [0.29, 0.717) is 5.56 Å². The van der Waals surface area contributed by atoms with Crippen molar-refractivity contribution < 1.29 is 4.79 Å². The first-order chi connectivity index (χ1) is 8.90. The summed E-state index contributed by atoms with van der Waals surface area (Å²) < 4.78 is 1.65. The summed E-state index contributed by atoms with van der Waals surface area (Å²) in [6, 6.07) is 3.29. The van der Waals surface area contributed by atoms with Crippen LogP contribution >= 0.6 is 0 Å². The zero-order valence-corrected chi connectivity index (χ0v) is 11.8. The molecular weight excluding hydrogens is 238 g/mol. The molecular formula is C15H19N3O. The number of nitrogens with two attached hydrogens (primary N) is 1. The molecule has 4 nitrogen and oxygen atoms in total. The SMILES string of the molecule is Cc1cc(C)c(C(=O)C(N)c2cnn(C)c2)cc1C. The van der Waals surface area contributed by atoms with Crippen molar-refractivity contribution in [1.29, 1.82) is 0 Å². The highest BCUT2D eigenvalue weighted by atomic mass is 16.1. The molecule has 0 fully saturated rings. The van der Waals surface area contributed by atoms with E-state index in [1.807, 2.05) is 40.0 Å². The van der Waals surface area contributed by atoms with Crippen molar-refractivity contribution in [3.8, 4) is 0 Å². The van der Waals surface area contributed by atoms with Gasteiger partial charge in [-0.25, -0.2) is 0 Å². The summed E-state index contributed by atoms with van der Waals surface area (Å²) in [6.45, 7) is 5.98. The maximum absolute atomic E-state index is 12.5. The van der Waals surface area contributed by atoms with Crippen LogP contribution in [0.15, 0.2) is 24.5 Å². The fourth-order valence-electron chi connectivity index (χ4n) is 2.15. The van der Waals surface area contributed by atoms with Crippen LogP contribution in [0, 0.1) is 20.8 Å². The second-order valence-corrected chi connectivity index (χ2v) is 5.04. The normalized spacial score (nSPS) is 12.5. The number of aromatic nitrogens is 2. The van der Waals surface area contributed by atoms with Gasteiger partial charge in [0.15, 0.2) is 5.78 Å². The molecule has 1 aromatic carbocycles. The van der Waals surface area contributed by atoms with E-state index < -0.39 is 6.04 Å². The van der Waals surface area contributed by atoms with Gasteiger partial charge < -0.3 is 5.73 Å². The van der Waals surface area contributed by atoms with E-state index in [4.69, 9.17) is 5.73 Å². The summed E-state index contributed by atoms with van der Waals surface area (Å²) >= 11 is 0. The third kappa shape index (κ3) is 2.58. The van der Waals surface area contributed by atoms with Crippen molar-refractivity contribution in [3.05, 3.63) is 52.3 Å². The van der Waals surface area contributed by atoms with Crippen LogP contribution < -0.4 is 5.73 Å². The van der Waals surface area contributed by atoms with E-state index in [1.54, 1.807) is 17.1 Å². The number of hydrogen-bond donors (Lipinski definition) is 1. The second-order valence-electron chi connectivity index (χ2n) is 5.04. The maximum Gasteiger partial charge on any atom is 0.184 e. The van der Waals surface area contributed by atoms with Gasteiger partial charge in [-0.2, -0.15) is 5.10 Å². The van der Waals surface area contributed by atoms with Crippen LogP contribution in [0.3, 0.4) is 0 Å². The number of carbonyl (C=O) groups excluding carboxylic acids is 1. The Bertz CT molecular complexity index is 628. The van der Waals surface area contributed by atoms with Gasteiger partial charge in [-0.1, -0.05) is 6.07 Å². The first-order valence-corrected chi connectivity index (χ1v) is 6.26. The Labute approximate surface area is 113 Å². The molecule has 1 heterocycles. The molecule has 0 aliphatic heterocycles. The van der Waals surface area contributed by atoms with Gasteiger partial charge in [0.2, 0.25) is 0 Å². The van der Waals surface area contributed by atoms with Gasteiger partial charge in [-0.3, -0.25) is 9.48 Å². The minimum absolute atomic E-state index is 0.0615. The van der Waals surface area contributed by atoms with Gasteiger partial charge in [0.05, 0.1) is 12.2 Å². The zero-order valence-electron chi connectivity index (χ0n) is 11.8. The lowest BCUT2D eigenvalue weighted by atomic mass is 9.93. The van der Waals surface area contributed by atoms with Crippen LogP contribution in [0.5, 0.6) is 0 Å². The van der Waals surface area contributed by atoms with Gasteiger partial charge in [0, 0.05) is 24.4 Å². The fourth-order valence-corrected chi connectivity index (χ4v) is 2.15. The van der Waals surface area contributed by atoms with Crippen molar-refractivity contribution in [2.24, 2.45) is 12.8 Å². The van der Waals surface area contributed by atoms with E-state index in [2.05, 4.69) is 5.10 Å². The average molecular weight is 257 g/mol. The number of Topliss-reactive ketones (excluding diaryl/α,β-unsaturated/α-hetero) is 1. The second kappa shape index (κ2) is 4.97. The molecule has 1 unspecified atom stereocenters. The Morgan fingerprint density at radius 1 is 1.21 bits per heavy atom. The summed E-state index contributed by atoms with van der Waals surface area (Å²) in [6.07, 6.45) is 3.41. The Balaban J connectivity index is 2.37. The molecule has 2 N–H and O–H groups in total. The molecule has 0 radical (unpaired) electrons. The zero-order chi connectivity index (χ0) is 14.2. The number of rotatable bonds is 3. The molecule has 0 aliphatic rings. The van der Waals surface area contributed by atoms with Gasteiger partial charge >= 0.3 is 0 Å². The van der Waals surface area contributed by atoms with Gasteiger partial charge in [0.25, 0.3) is 0 Å². The van der Waals surface area contributed by atoms with Crippen molar-refractivity contribution in [2.75, 3.05) is 0 Å². The van der Waals surface area contributed by atoms with Crippen LogP contribution in [-0.4, -0.2) is 15.6 Å². The van der Waals surface area contributed by atoms with E-state index in [-0.39, 0.29) is 5.78 Å². The van der Waals surface area contributed by atoms with Crippen molar-refractivity contribution in [3.63, 3.8) is 0 Å². The number of ketones is 1. The minimum atomic E-state index is -0.658. The third-order valence-electron chi connectivity index (χ3n) is 3.47. The fraction of sp³-hybridized carbons (Fsp3) is 0.333. The number of nitrogens with zero attached hydrogens (tertiary/aromatic N) is 2. The molecule has 0 amide bonds. The first-order valence-electron chi connectivity index (χ1n) is 6.26. The standard InChI is InChI=1S/C15H19N3O/c1-9-5-11(3)13(6-10(9)2)15(19)14(16)12-7-17-18(4)8-12/h5-8,14H,16H2,1-4H3. The Kier molecular flexibility index (Phi) is 3.53. The Morgan fingerprint density at radius 3 is 2.42 bits per heavy atom. The number of carbonyl (C=O) groups is 1. The molecule has 0 bridgehead atoms. The molecule has 4 heteroatoms. The third-order valence-corrected chi connectivity index (χ3v) is 3.47. The number of hydrogen-bond acceptors (Lipinski definition) is 3. The summed E-state index contributed by atoms with van der Waals surface area (Å²) in [5.74, 6) is -0.0615. The number of aryl methyl sites for hydroxylation is 4.